The second-order valence-electron chi connectivity index (χ2n) is 12.3. The van der Waals surface area contributed by atoms with Crippen molar-refractivity contribution in [1.29, 1.82) is 0 Å². The van der Waals surface area contributed by atoms with E-state index in [4.69, 9.17) is 8.85 Å². The van der Waals surface area contributed by atoms with Crippen LogP contribution in [0.15, 0.2) is 36.0 Å². The predicted octanol–water partition coefficient (Wildman–Crippen LogP) is 8.11. The van der Waals surface area contributed by atoms with Crippen molar-refractivity contribution in [2.24, 2.45) is 11.8 Å². The van der Waals surface area contributed by atoms with Gasteiger partial charge in [0.15, 0.2) is 16.6 Å². The summed E-state index contributed by atoms with van der Waals surface area (Å²) in [7, 11) is -3.66. The topological polar surface area (TPSA) is 38.7 Å². The van der Waals surface area contributed by atoms with Gasteiger partial charge in [0.25, 0.3) is 0 Å². The molecule has 0 rings (SSSR count). The molecule has 0 aromatic heterocycles. The first kappa shape index (κ1) is 31.5. The van der Waals surface area contributed by atoms with Crippen molar-refractivity contribution in [3.05, 3.63) is 36.0 Å². The quantitative estimate of drug-likeness (QED) is 0.173. The summed E-state index contributed by atoms with van der Waals surface area (Å²) < 4.78 is 13.2. The molecule has 1 N–H and O–H groups in total. The van der Waals surface area contributed by atoms with E-state index in [1.54, 1.807) is 0 Å². The zero-order valence-electron chi connectivity index (χ0n) is 23.5. The molecule has 0 heterocycles. The van der Waals surface area contributed by atoms with Gasteiger partial charge in [-0.05, 0) is 48.6 Å². The first-order valence-corrected chi connectivity index (χ1v) is 18.2. The number of allylic oxidation sites excluding steroid dienone is 2. The predicted molar refractivity (Wildman–Crippen MR) is 147 cm³/mol. The molecule has 0 radical (unpaired) electrons. The van der Waals surface area contributed by atoms with Gasteiger partial charge in [0.05, 0.1) is 12.7 Å². The summed E-state index contributed by atoms with van der Waals surface area (Å²) in [6, 6.07) is 0. The Kier molecular flexibility index (Phi) is 12.7. The normalized spacial score (nSPS) is 17.9. The highest BCUT2D eigenvalue weighted by Gasteiger charge is 2.39. The third kappa shape index (κ3) is 10.6. The molecule has 0 fully saturated rings. The number of rotatable bonds is 12. The lowest BCUT2D eigenvalue weighted by Gasteiger charge is -2.40. The highest BCUT2D eigenvalue weighted by atomic mass is 28.4. The van der Waals surface area contributed by atoms with Crippen LogP contribution in [0.2, 0.25) is 36.3 Å². The summed E-state index contributed by atoms with van der Waals surface area (Å²) in [5.74, 6) is 0.413. The largest absolute Gasteiger partial charge is 0.413 e. The lowest BCUT2D eigenvalue weighted by atomic mass is 10.0. The molecule has 3 atom stereocenters. The maximum absolute atomic E-state index is 9.41. The maximum atomic E-state index is 9.41. The molecular weight excluding hydrogens is 428 g/mol. The van der Waals surface area contributed by atoms with Gasteiger partial charge in [0.2, 0.25) is 0 Å². The summed E-state index contributed by atoms with van der Waals surface area (Å²) in [6.45, 7) is 30.2. The van der Waals surface area contributed by atoms with Crippen LogP contribution in [0, 0.1) is 11.8 Å². The molecule has 0 aromatic carbocycles. The molecule has 0 bridgehead atoms. The van der Waals surface area contributed by atoms with Crippen LogP contribution in [0.3, 0.4) is 0 Å². The Morgan fingerprint density at radius 2 is 1.44 bits per heavy atom. The highest BCUT2D eigenvalue weighted by molar-refractivity contribution is 6.74. The molecule has 0 aliphatic rings. The fraction of sp³-hybridized carbons (Fsp3) is 0.778. The smallest absolute Gasteiger partial charge is 0.192 e. The van der Waals surface area contributed by atoms with E-state index in [-0.39, 0.29) is 34.6 Å². The van der Waals surface area contributed by atoms with Gasteiger partial charge in [-0.3, -0.25) is 0 Å². The van der Waals surface area contributed by atoms with Gasteiger partial charge in [0.1, 0.15) is 0 Å². The van der Waals surface area contributed by atoms with Crippen molar-refractivity contribution in [2.75, 3.05) is 13.2 Å². The Labute approximate surface area is 202 Å². The van der Waals surface area contributed by atoms with Gasteiger partial charge in [-0.2, -0.15) is 0 Å². The minimum absolute atomic E-state index is 0.0133. The molecule has 0 aliphatic heterocycles. The van der Waals surface area contributed by atoms with Crippen LogP contribution in [0.25, 0.3) is 0 Å². The van der Waals surface area contributed by atoms with Gasteiger partial charge >= 0.3 is 0 Å². The van der Waals surface area contributed by atoms with E-state index in [0.717, 1.165) is 6.42 Å². The average molecular weight is 483 g/mol. The summed E-state index contributed by atoms with van der Waals surface area (Å²) in [6.07, 6.45) is 12.0. The van der Waals surface area contributed by atoms with Crippen LogP contribution in [-0.2, 0) is 8.85 Å². The second kappa shape index (κ2) is 12.8. The van der Waals surface area contributed by atoms with E-state index in [0.29, 0.717) is 6.61 Å². The minimum Gasteiger partial charge on any atom is -0.413 e. The number of hydrogen-bond acceptors (Lipinski definition) is 3. The monoisotopic (exact) mass is 482 g/mol. The van der Waals surface area contributed by atoms with Gasteiger partial charge in [-0.15, -0.1) is 0 Å². The third-order valence-electron chi connectivity index (χ3n) is 7.24. The fourth-order valence-electron chi connectivity index (χ4n) is 2.62. The maximum Gasteiger partial charge on any atom is 0.192 e. The number of hydrogen-bond donors (Lipinski definition) is 1. The molecule has 5 heteroatoms. The van der Waals surface area contributed by atoms with Crippen LogP contribution in [0.1, 0.15) is 68.7 Å². The van der Waals surface area contributed by atoms with Crippen molar-refractivity contribution < 1.29 is 14.0 Å². The van der Waals surface area contributed by atoms with Crippen molar-refractivity contribution in [3.63, 3.8) is 0 Å². The second-order valence-corrected chi connectivity index (χ2v) is 21.9. The lowest BCUT2D eigenvalue weighted by Crippen LogP contribution is -2.44. The zero-order chi connectivity index (χ0) is 25.4. The first-order valence-electron chi connectivity index (χ1n) is 12.4. The van der Waals surface area contributed by atoms with Crippen molar-refractivity contribution >= 4 is 16.6 Å². The zero-order valence-corrected chi connectivity index (χ0v) is 25.5. The van der Waals surface area contributed by atoms with E-state index < -0.39 is 16.6 Å². The average Bonchev–Trinajstić information content (AvgIpc) is 2.64. The SMILES string of the molecule is CCC(=C/[C@H](C)CO)/C=C/[C@H](O[Si](C)(C)C(C)(C)C)[C@@H](C)/C=C\CO[Si](C)(C)C(C)(C)C. The van der Waals surface area contributed by atoms with Crippen molar-refractivity contribution in [1.82, 2.24) is 0 Å². The highest BCUT2D eigenvalue weighted by Crippen LogP contribution is 2.39. The van der Waals surface area contributed by atoms with Gasteiger partial charge in [0, 0.05) is 12.5 Å². The van der Waals surface area contributed by atoms with E-state index in [1.165, 1.54) is 5.57 Å². The van der Waals surface area contributed by atoms with Crippen molar-refractivity contribution in [2.45, 2.75) is 111 Å². The third-order valence-corrected chi connectivity index (χ3v) is 16.2. The van der Waals surface area contributed by atoms with Crippen LogP contribution in [-0.4, -0.2) is 41.1 Å². The molecular formula is C27H54O3Si2. The van der Waals surface area contributed by atoms with Crippen LogP contribution >= 0.6 is 0 Å². The van der Waals surface area contributed by atoms with Crippen LogP contribution in [0.5, 0.6) is 0 Å². The van der Waals surface area contributed by atoms with E-state index in [1.807, 2.05) is 6.92 Å². The Morgan fingerprint density at radius 1 is 0.906 bits per heavy atom. The van der Waals surface area contributed by atoms with Crippen LogP contribution in [0.4, 0.5) is 0 Å². The Hall–Kier alpha value is -0.466. The van der Waals surface area contributed by atoms with Gasteiger partial charge in [-0.1, -0.05) is 98.3 Å². The molecule has 188 valence electrons. The number of aliphatic hydroxyl groups is 1. The van der Waals surface area contributed by atoms with E-state index in [2.05, 4.69) is 112 Å². The minimum atomic E-state index is -1.92. The Bertz CT molecular complexity index is 634. The molecule has 0 aromatic rings. The molecule has 0 saturated carbocycles. The lowest BCUT2D eigenvalue weighted by molar-refractivity contribution is 0.189. The van der Waals surface area contributed by atoms with Crippen LogP contribution < -0.4 is 0 Å². The van der Waals surface area contributed by atoms with E-state index in [9.17, 15) is 5.11 Å². The molecule has 0 aliphatic carbocycles. The van der Waals surface area contributed by atoms with E-state index >= 15 is 0 Å². The summed E-state index contributed by atoms with van der Waals surface area (Å²) in [4.78, 5) is 0. The summed E-state index contributed by atoms with van der Waals surface area (Å²) in [5, 5.41) is 9.78. The Balaban J connectivity index is 5.59. The molecule has 3 nitrogen and oxygen atoms in total. The number of aliphatic hydroxyl groups excluding tert-OH is 1. The summed E-state index contributed by atoms with van der Waals surface area (Å²) >= 11 is 0. The Morgan fingerprint density at radius 3 is 1.88 bits per heavy atom. The molecule has 0 saturated heterocycles. The molecule has 0 spiro atoms. The van der Waals surface area contributed by atoms with Gasteiger partial charge in [-0.25, -0.2) is 0 Å². The molecule has 32 heavy (non-hydrogen) atoms. The van der Waals surface area contributed by atoms with Crippen molar-refractivity contribution in [3.8, 4) is 0 Å². The van der Waals surface area contributed by atoms with Gasteiger partial charge < -0.3 is 14.0 Å². The first-order chi connectivity index (χ1) is 14.4. The fourth-order valence-corrected chi connectivity index (χ4v) is 4.89. The molecule has 0 unspecified atom stereocenters. The molecule has 0 amide bonds. The summed E-state index contributed by atoms with van der Waals surface area (Å²) in [5.41, 5.74) is 1.24. The standard InChI is InChI=1S/C27H54O3Si2/c1-14-24(20-22(2)21-28)17-18-25(30-32(12,13)27(7,8)9)23(3)16-15-19-29-31(10,11)26(4,5)6/h15-18,20,22-23,25,28H,14,19,21H2,1-13H3/b16-15-,18-17+,24-20-/t22-,23-,25-/m0/s1.